The molecule has 6 nitrogen and oxygen atoms in total. The van der Waals surface area contributed by atoms with Crippen LogP contribution in [-0.2, 0) is 28.6 Å². The van der Waals surface area contributed by atoms with Crippen molar-refractivity contribution >= 4 is 17.9 Å². The van der Waals surface area contributed by atoms with Crippen LogP contribution in [0.2, 0.25) is 0 Å². The molecule has 0 aliphatic heterocycles. The molecule has 0 fully saturated rings. The zero-order valence-electron chi connectivity index (χ0n) is 52.6. The molecule has 0 N–H and O–H groups in total. The molecule has 0 aromatic rings. The van der Waals surface area contributed by atoms with Gasteiger partial charge < -0.3 is 14.2 Å². The SMILES string of the molecule is CC/C=C\C/C=C\C/C=C\C/C=C\C/C=C\C/C=C\CCCCCCC(=O)OC(COC(=O)CCCCCCCCCC)COC(=O)CCCCCCCCCCCCCCCCCCCCCCCCCCCCCCCC. The Morgan fingerprint density at radius 3 is 0.772 bits per heavy atom. The van der Waals surface area contributed by atoms with Gasteiger partial charge in [-0.25, -0.2) is 0 Å². The van der Waals surface area contributed by atoms with Crippen LogP contribution >= 0.6 is 0 Å². The fraction of sp³-hybridized carbons (Fsp3) is 0.795. The Bertz CT molecular complexity index is 1450. The van der Waals surface area contributed by atoms with Gasteiger partial charge in [-0.3, -0.25) is 14.4 Å². The number of ether oxygens (including phenoxy) is 3. The van der Waals surface area contributed by atoms with E-state index in [-0.39, 0.29) is 31.1 Å². The van der Waals surface area contributed by atoms with Crippen molar-refractivity contribution in [1.82, 2.24) is 0 Å². The van der Waals surface area contributed by atoms with Gasteiger partial charge in [-0.2, -0.15) is 0 Å². The minimum Gasteiger partial charge on any atom is -0.462 e. The number of unbranched alkanes of at least 4 members (excludes halogenated alkanes) is 40. The smallest absolute Gasteiger partial charge is 0.306 e. The highest BCUT2D eigenvalue weighted by molar-refractivity contribution is 5.71. The van der Waals surface area contributed by atoms with Crippen LogP contribution in [0.5, 0.6) is 0 Å². The zero-order chi connectivity index (χ0) is 57.1. The van der Waals surface area contributed by atoms with Crippen LogP contribution < -0.4 is 0 Å². The van der Waals surface area contributed by atoms with E-state index in [1.165, 1.54) is 205 Å². The van der Waals surface area contributed by atoms with Crippen molar-refractivity contribution in [2.24, 2.45) is 0 Å². The van der Waals surface area contributed by atoms with Gasteiger partial charge in [-0.15, -0.1) is 0 Å². The van der Waals surface area contributed by atoms with E-state index < -0.39 is 6.10 Å². The number of carbonyl (C=O) groups excluding carboxylic acids is 3. The van der Waals surface area contributed by atoms with Crippen molar-refractivity contribution in [2.75, 3.05) is 13.2 Å². The van der Waals surface area contributed by atoms with Gasteiger partial charge in [0.15, 0.2) is 6.10 Å². The van der Waals surface area contributed by atoms with E-state index in [2.05, 4.69) is 93.7 Å². The fourth-order valence-corrected chi connectivity index (χ4v) is 10.1. The molecule has 0 radical (unpaired) electrons. The van der Waals surface area contributed by atoms with E-state index in [1.54, 1.807) is 0 Å². The van der Waals surface area contributed by atoms with Crippen LogP contribution in [0.3, 0.4) is 0 Å². The molecule has 0 saturated heterocycles. The van der Waals surface area contributed by atoms with Crippen molar-refractivity contribution in [3.05, 3.63) is 72.9 Å². The third kappa shape index (κ3) is 65.5. The number of rotatable bonds is 63. The van der Waals surface area contributed by atoms with E-state index in [9.17, 15) is 14.4 Å². The van der Waals surface area contributed by atoms with Crippen LogP contribution in [0.15, 0.2) is 72.9 Å². The fourth-order valence-electron chi connectivity index (χ4n) is 10.1. The van der Waals surface area contributed by atoms with Crippen LogP contribution in [0.1, 0.15) is 355 Å². The molecule has 0 rings (SSSR count). The summed E-state index contributed by atoms with van der Waals surface area (Å²) in [4.78, 5) is 38.2. The molecule has 0 bridgehead atoms. The second-order valence-electron chi connectivity index (χ2n) is 23.1. The summed E-state index contributed by atoms with van der Waals surface area (Å²) >= 11 is 0. The number of carbonyl (C=O) groups is 3. The van der Waals surface area contributed by atoms with E-state index in [0.29, 0.717) is 19.3 Å². The lowest BCUT2D eigenvalue weighted by Gasteiger charge is -2.18. The lowest BCUT2D eigenvalue weighted by atomic mass is 10.0. The van der Waals surface area contributed by atoms with Crippen molar-refractivity contribution in [3.63, 3.8) is 0 Å². The minimum atomic E-state index is -0.787. The highest BCUT2D eigenvalue weighted by atomic mass is 16.6. The minimum absolute atomic E-state index is 0.0822. The van der Waals surface area contributed by atoms with Gasteiger partial charge in [0, 0.05) is 19.3 Å². The van der Waals surface area contributed by atoms with E-state index >= 15 is 0 Å². The summed E-state index contributed by atoms with van der Waals surface area (Å²) in [5, 5.41) is 0. The van der Waals surface area contributed by atoms with Crippen LogP contribution in [-0.4, -0.2) is 37.2 Å². The summed E-state index contributed by atoms with van der Waals surface area (Å²) < 4.78 is 16.9. The molecular formula is C73H130O6. The normalized spacial score (nSPS) is 12.5. The average molecular weight is 1100 g/mol. The molecule has 458 valence electrons. The molecule has 0 saturated carbocycles. The Morgan fingerprint density at radius 1 is 0.266 bits per heavy atom. The van der Waals surface area contributed by atoms with Gasteiger partial charge in [0.1, 0.15) is 13.2 Å². The highest BCUT2D eigenvalue weighted by Crippen LogP contribution is 2.18. The van der Waals surface area contributed by atoms with Crippen molar-refractivity contribution in [3.8, 4) is 0 Å². The maximum absolute atomic E-state index is 12.9. The lowest BCUT2D eigenvalue weighted by molar-refractivity contribution is -0.167. The number of hydrogen-bond donors (Lipinski definition) is 0. The first-order chi connectivity index (χ1) is 39.0. The van der Waals surface area contributed by atoms with Gasteiger partial charge in [0.05, 0.1) is 0 Å². The van der Waals surface area contributed by atoms with Gasteiger partial charge >= 0.3 is 17.9 Å². The van der Waals surface area contributed by atoms with E-state index in [1.807, 2.05) is 0 Å². The van der Waals surface area contributed by atoms with Gasteiger partial charge in [0.25, 0.3) is 0 Å². The Balaban J connectivity index is 4.12. The monoisotopic (exact) mass is 1100 g/mol. The van der Waals surface area contributed by atoms with Gasteiger partial charge in [-0.05, 0) is 70.6 Å². The topological polar surface area (TPSA) is 78.9 Å². The second-order valence-corrected chi connectivity index (χ2v) is 23.1. The van der Waals surface area contributed by atoms with Crippen molar-refractivity contribution in [2.45, 2.75) is 361 Å². The molecule has 0 aromatic heterocycles. The molecule has 1 atom stereocenters. The second kappa shape index (κ2) is 67.4. The van der Waals surface area contributed by atoms with E-state index in [0.717, 1.165) is 109 Å². The molecule has 0 aliphatic rings. The maximum atomic E-state index is 12.9. The Kier molecular flexibility index (Phi) is 64.7. The quantitative estimate of drug-likeness (QED) is 0.0261. The summed E-state index contributed by atoms with van der Waals surface area (Å²) in [7, 11) is 0. The van der Waals surface area contributed by atoms with Crippen molar-refractivity contribution in [1.29, 1.82) is 0 Å². The van der Waals surface area contributed by atoms with Gasteiger partial charge in [0.2, 0.25) is 0 Å². The molecule has 0 aliphatic carbocycles. The van der Waals surface area contributed by atoms with Gasteiger partial charge in [-0.1, -0.05) is 338 Å². The van der Waals surface area contributed by atoms with Crippen molar-refractivity contribution < 1.29 is 28.6 Å². The molecule has 0 heterocycles. The van der Waals surface area contributed by atoms with Crippen LogP contribution in [0.25, 0.3) is 0 Å². The zero-order valence-corrected chi connectivity index (χ0v) is 52.6. The molecule has 79 heavy (non-hydrogen) atoms. The lowest BCUT2D eigenvalue weighted by Crippen LogP contribution is -2.30. The first-order valence-electron chi connectivity index (χ1n) is 34.4. The molecule has 0 amide bonds. The third-order valence-electron chi connectivity index (χ3n) is 15.2. The summed E-state index contributed by atoms with van der Waals surface area (Å²) in [6, 6.07) is 0. The van der Waals surface area contributed by atoms with Crippen LogP contribution in [0.4, 0.5) is 0 Å². The predicted octanol–water partition coefficient (Wildman–Crippen LogP) is 23.7. The Morgan fingerprint density at radius 2 is 0.494 bits per heavy atom. The third-order valence-corrected chi connectivity index (χ3v) is 15.2. The summed E-state index contributed by atoms with van der Waals surface area (Å²) in [5.74, 6) is -0.895. The first-order valence-corrected chi connectivity index (χ1v) is 34.4. The maximum Gasteiger partial charge on any atom is 0.306 e. The Hall–Kier alpha value is -3.15. The first kappa shape index (κ1) is 75.8. The highest BCUT2D eigenvalue weighted by Gasteiger charge is 2.19. The molecule has 1 unspecified atom stereocenters. The largest absolute Gasteiger partial charge is 0.462 e. The molecule has 0 aromatic carbocycles. The summed E-state index contributed by atoms with van der Waals surface area (Å²) in [6.07, 6.45) is 88.1. The molecule has 6 heteroatoms. The molecular weight excluding hydrogens is 973 g/mol. The number of allylic oxidation sites excluding steroid dienone is 12. The summed E-state index contributed by atoms with van der Waals surface area (Å²) in [5.41, 5.74) is 0. The summed E-state index contributed by atoms with van der Waals surface area (Å²) in [6.45, 7) is 6.52. The average Bonchev–Trinajstić information content (AvgIpc) is 3.45. The Labute approximate surface area is 491 Å². The number of esters is 3. The standard InChI is InChI=1S/C73H130O6/c1-4-7-10-13-16-19-21-23-25-27-29-31-33-34-35-36-37-38-39-41-42-44-46-48-50-52-54-57-60-63-66-72(75)78-69-70(68-77-71(74)65-62-59-56-18-15-12-9-6-3)79-73(76)67-64-61-58-55-53-51-49-47-45-43-40-32-30-28-26-24-22-20-17-14-11-8-5-2/h8,11,17,20,24,26,30,32,43,45,49,51,70H,4-7,9-10,12-16,18-19,21-23,25,27-29,31,33-42,44,46-48,50,52-69H2,1-3H3/b11-8-,20-17-,26-24-,32-30-,45-43-,51-49-. The van der Waals surface area contributed by atoms with E-state index in [4.69, 9.17) is 14.2 Å². The molecule has 0 spiro atoms. The predicted molar refractivity (Wildman–Crippen MR) is 344 cm³/mol. The number of hydrogen-bond acceptors (Lipinski definition) is 6. The van der Waals surface area contributed by atoms with Crippen LogP contribution in [0, 0.1) is 0 Å².